The van der Waals surface area contributed by atoms with Crippen molar-refractivity contribution in [2.24, 2.45) is 5.92 Å². The maximum Gasteiger partial charge on any atom is 0.573 e. The summed E-state index contributed by atoms with van der Waals surface area (Å²) in [4.78, 5) is 0. The minimum absolute atomic E-state index is 0.212. The standard InChI is InChI=1S/C25H26F6O2/c1-2-3-17-4-9-20(10-5-17)21-11-6-18(7-12-21)16-32-24(27,28)15-19-8-13-23(22(26)14-19)33-25(29,30)31/h2-3,6-8,11-14,17,20H,4-5,9-10,15-16H2,1H3. The summed E-state index contributed by atoms with van der Waals surface area (Å²) in [6.45, 7) is 1.68. The molecule has 0 spiro atoms. The van der Waals surface area contributed by atoms with Crippen molar-refractivity contribution in [1.82, 2.24) is 0 Å². The number of hydrogen-bond acceptors (Lipinski definition) is 2. The molecule has 180 valence electrons. The van der Waals surface area contributed by atoms with Crippen LogP contribution in [0.2, 0.25) is 0 Å². The third-order valence-electron chi connectivity index (χ3n) is 5.77. The molecule has 33 heavy (non-hydrogen) atoms. The minimum Gasteiger partial charge on any atom is -0.403 e. The van der Waals surface area contributed by atoms with E-state index >= 15 is 0 Å². The molecule has 1 aliphatic rings. The average Bonchev–Trinajstić information content (AvgIpc) is 2.74. The van der Waals surface area contributed by atoms with Crippen LogP contribution in [0.25, 0.3) is 0 Å². The van der Waals surface area contributed by atoms with Gasteiger partial charge in [0, 0.05) is 0 Å². The number of halogens is 6. The Balaban J connectivity index is 1.52. The van der Waals surface area contributed by atoms with Gasteiger partial charge in [-0.3, -0.25) is 0 Å². The van der Waals surface area contributed by atoms with Crippen molar-refractivity contribution in [1.29, 1.82) is 0 Å². The van der Waals surface area contributed by atoms with Crippen molar-refractivity contribution < 1.29 is 35.8 Å². The molecule has 0 aromatic heterocycles. The molecule has 1 saturated carbocycles. The maximum absolute atomic E-state index is 14.2. The highest BCUT2D eigenvalue weighted by molar-refractivity contribution is 5.30. The first-order valence-electron chi connectivity index (χ1n) is 10.8. The van der Waals surface area contributed by atoms with E-state index < -0.39 is 30.5 Å². The molecule has 1 fully saturated rings. The lowest BCUT2D eigenvalue weighted by Crippen LogP contribution is -2.24. The number of alkyl halides is 5. The normalized spacial score (nSPS) is 19.7. The number of hydrogen-bond donors (Lipinski definition) is 0. The highest BCUT2D eigenvalue weighted by Gasteiger charge is 2.34. The Morgan fingerprint density at radius 1 is 0.909 bits per heavy atom. The molecule has 0 aliphatic heterocycles. The van der Waals surface area contributed by atoms with Crippen LogP contribution >= 0.6 is 0 Å². The Morgan fingerprint density at radius 2 is 1.55 bits per heavy atom. The van der Waals surface area contributed by atoms with Crippen LogP contribution < -0.4 is 4.74 Å². The Hall–Kier alpha value is -2.48. The second kappa shape index (κ2) is 10.6. The highest BCUT2D eigenvalue weighted by Crippen LogP contribution is 2.36. The zero-order valence-electron chi connectivity index (χ0n) is 18.2. The fourth-order valence-corrected chi connectivity index (χ4v) is 4.14. The van der Waals surface area contributed by atoms with E-state index in [2.05, 4.69) is 16.9 Å². The van der Waals surface area contributed by atoms with Gasteiger partial charge in [0.25, 0.3) is 0 Å². The van der Waals surface area contributed by atoms with E-state index in [1.54, 1.807) is 12.1 Å². The zero-order chi connectivity index (χ0) is 24.1. The molecule has 0 heterocycles. The maximum atomic E-state index is 14.2. The molecule has 0 N–H and O–H groups in total. The summed E-state index contributed by atoms with van der Waals surface area (Å²) >= 11 is 0. The van der Waals surface area contributed by atoms with E-state index in [9.17, 15) is 26.3 Å². The van der Waals surface area contributed by atoms with Crippen molar-refractivity contribution in [3.8, 4) is 5.75 Å². The monoisotopic (exact) mass is 472 g/mol. The van der Waals surface area contributed by atoms with Crippen molar-refractivity contribution in [3.63, 3.8) is 0 Å². The zero-order valence-corrected chi connectivity index (χ0v) is 18.2. The van der Waals surface area contributed by atoms with Crippen LogP contribution in [0.3, 0.4) is 0 Å². The van der Waals surface area contributed by atoms with Crippen LogP contribution in [0.15, 0.2) is 54.6 Å². The fourth-order valence-electron chi connectivity index (χ4n) is 4.14. The third kappa shape index (κ3) is 7.81. The van der Waals surface area contributed by atoms with Gasteiger partial charge in [-0.2, -0.15) is 8.78 Å². The van der Waals surface area contributed by atoms with Gasteiger partial charge >= 0.3 is 12.5 Å². The molecule has 0 bridgehead atoms. The molecule has 0 atom stereocenters. The van der Waals surface area contributed by atoms with Crippen LogP contribution in [0.5, 0.6) is 5.75 Å². The van der Waals surface area contributed by atoms with E-state index in [1.807, 2.05) is 19.1 Å². The summed E-state index contributed by atoms with van der Waals surface area (Å²) in [5, 5.41) is 0. The number of benzene rings is 2. The summed E-state index contributed by atoms with van der Waals surface area (Å²) in [6, 6.07) is 9.58. The van der Waals surface area contributed by atoms with Crippen LogP contribution in [0.1, 0.15) is 55.2 Å². The van der Waals surface area contributed by atoms with Crippen LogP contribution in [0, 0.1) is 11.7 Å². The second-order valence-corrected chi connectivity index (χ2v) is 8.29. The van der Waals surface area contributed by atoms with E-state index in [-0.39, 0.29) is 12.2 Å². The Morgan fingerprint density at radius 3 is 2.12 bits per heavy atom. The summed E-state index contributed by atoms with van der Waals surface area (Å²) in [6.07, 6.45) is -0.896. The van der Waals surface area contributed by atoms with E-state index in [0.717, 1.165) is 31.7 Å². The van der Waals surface area contributed by atoms with Gasteiger partial charge in [0.1, 0.15) is 0 Å². The Bertz CT molecular complexity index is 929. The third-order valence-corrected chi connectivity index (χ3v) is 5.77. The molecule has 2 aromatic carbocycles. The van der Waals surface area contributed by atoms with Crippen LogP contribution in [0.4, 0.5) is 26.3 Å². The Kier molecular flexibility index (Phi) is 8.10. The van der Waals surface area contributed by atoms with E-state index in [0.29, 0.717) is 29.5 Å². The van der Waals surface area contributed by atoms with Gasteiger partial charge in [0.15, 0.2) is 11.6 Å². The lowest BCUT2D eigenvalue weighted by Gasteiger charge is -2.27. The van der Waals surface area contributed by atoms with Crippen LogP contribution in [-0.2, 0) is 17.8 Å². The molecule has 3 rings (SSSR count). The van der Waals surface area contributed by atoms with Gasteiger partial charge < -0.3 is 9.47 Å². The predicted molar refractivity (Wildman–Crippen MR) is 112 cm³/mol. The van der Waals surface area contributed by atoms with Gasteiger partial charge in [-0.05, 0) is 73.3 Å². The number of ether oxygens (including phenoxy) is 2. The molecule has 0 amide bonds. The predicted octanol–water partition coefficient (Wildman–Crippen LogP) is 7.93. The van der Waals surface area contributed by atoms with Gasteiger partial charge in [-0.1, -0.05) is 42.5 Å². The number of allylic oxidation sites excluding steroid dienone is 2. The largest absolute Gasteiger partial charge is 0.573 e. The van der Waals surface area contributed by atoms with Crippen molar-refractivity contribution in [3.05, 3.63) is 77.1 Å². The van der Waals surface area contributed by atoms with Crippen molar-refractivity contribution >= 4 is 0 Å². The van der Waals surface area contributed by atoms with Gasteiger partial charge in [-0.15, -0.1) is 13.2 Å². The van der Waals surface area contributed by atoms with E-state index in [4.69, 9.17) is 4.74 Å². The molecule has 2 nitrogen and oxygen atoms in total. The van der Waals surface area contributed by atoms with Crippen molar-refractivity contribution in [2.45, 2.75) is 64.0 Å². The summed E-state index contributed by atoms with van der Waals surface area (Å²) in [5.41, 5.74) is 1.54. The van der Waals surface area contributed by atoms with Crippen LogP contribution in [-0.4, -0.2) is 12.5 Å². The Labute approximate surface area is 189 Å². The first-order valence-corrected chi connectivity index (χ1v) is 10.8. The molecule has 8 heteroatoms. The summed E-state index contributed by atoms with van der Waals surface area (Å²) in [7, 11) is 0. The lowest BCUT2D eigenvalue weighted by atomic mass is 9.78. The average molecular weight is 472 g/mol. The first-order chi connectivity index (χ1) is 15.5. The molecule has 0 unspecified atom stereocenters. The molecular formula is C25H26F6O2. The summed E-state index contributed by atoms with van der Waals surface area (Å²) in [5.74, 6) is -1.37. The topological polar surface area (TPSA) is 18.5 Å². The quantitative estimate of drug-likeness (QED) is 0.287. The molecule has 0 saturated heterocycles. The minimum atomic E-state index is -5.07. The van der Waals surface area contributed by atoms with Gasteiger partial charge in [0.2, 0.25) is 0 Å². The lowest BCUT2D eigenvalue weighted by molar-refractivity contribution is -0.275. The SMILES string of the molecule is CC=CC1CCC(c2ccc(COC(F)(F)Cc3ccc(OC(F)(F)F)c(F)c3)cc2)CC1. The number of rotatable bonds is 8. The van der Waals surface area contributed by atoms with Gasteiger partial charge in [0.05, 0.1) is 13.0 Å². The highest BCUT2D eigenvalue weighted by atomic mass is 19.4. The van der Waals surface area contributed by atoms with Gasteiger partial charge in [-0.25, -0.2) is 4.39 Å². The van der Waals surface area contributed by atoms with E-state index in [1.165, 1.54) is 5.56 Å². The first kappa shape index (κ1) is 25.1. The molecule has 2 aromatic rings. The smallest absolute Gasteiger partial charge is 0.403 e. The second-order valence-electron chi connectivity index (χ2n) is 8.29. The fraction of sp³-hybridized carbons (Fsp3) is 0.440. The molecular weight excluding hydrogens is 446 g/mol. The summed E-state index contributed by atoms with van der Waals surface area (Å²) < 4.78 is 87.0. The molecule has 1 aliphatic carbocycles. The van der Waals surface area contributed by atoms with Crippen molar-refractivity contribution in [2.75, 3.05) is 0 Å². The molecule has 0 radical (unpaired) electrons.